The first-order valence-electron chi connectivity index (χ1n) is 9.07. The van der Waals surface area contributed by atoms with Crippen LogP contribution >= 0.6 is 0 Å². The van der Waals surface area contributed by atoms with Crippen LogP contribution in [0.15, 0.2) is 43.1 Å². The molecule has 2 aromatic rings. The largest absolute Gasteiger partial charge is 0.493 e. The van der Waals surface area contributed by atoms with Crippen LogP contribution in [0.1, 0.15) is 31.4 Å². The van der Waals surface area contributed by atoms with E-state index in [1.807, 2.05) is 38.1 Å². The van der Waals surface area contributed by atoms with Crippen LogP contribution in [0.25, 0.3) is 5.70 Å². The maximum absolute atomic E-state index is 5.83. The second-order valence-corrected chi connectivity index (χ2v) is 6.45. The minimum atomic E-state index is 0.279. The molecule has 0 aliphatic heterocycles. The van der Waals surface area contributed by atoms with Crippen molar-refractivity contribution in [3.05, 3.63) is 54.2 Å². The maximum atomic E-state index is 5.83. The molecule has 1 aromatic carbocycles. The molecule has 0 aliphatic rings. The molecule has 0 saturated heterocycles. The number of hydrogen-bond acceptors (Lipinski definition) is 6. The van der Waals surface area contributed by atoms with Crippen LogP contribution in [0.4, 0.5) is 0 Å². The Morgan fingerprint density at radius 3 is 2.67 bits per heavy atom. The molecule has 0 aliphatic carbocycles. The van der Waals surface area contributed by atoms with E-state index in [9.17, 15) is 0 Å². The second-order valence-electron chi connectivity index (χ2n) is 6.45. The fourth-order valence-corrected chi connectivity index (χ4v) is 2.40. The van der Waals surface area contributed by atoms with E-state index in [-0.39, 0.29) is 6.10 Å². The highest BCUT2D eigenvalue weighted by atomic mass is 16.5. The van der Waals surface area contributed by atoms with Crippen LogP contribution in [0.5, 0.6) is 17.4 Å². The maximum Gasteiger partial charge on any atom is 0.219 e. The summed E-state index contributed by atoms with van der Waals surface area (Å²) in [6, 6.07) is 9.42. The van der Waals surface area contributed by atoms with Gasteiger partial charge in [-0.1, -0.05) is 12.6 Å². The van der Waals surface area contributed by atoms with Crippen molar-refractivity contribution in [2.75, 3.05) is 20.3 Å². The Morgan fingerprint density at radius 1 is 1.22 bits per heavy atom. The van der Waals surface area contributed by atoms with Gasteiger partial charge in [-0.2, -0.15) is 0 Å². The first-order chi connectivity index (χ1) is 13.0. The third kappa shape index (κ3) is 6.92. The van der Waals surface area contributed by atoms with E-state index in [1.165, 1.54) is 0 Å². The molecule has 0 saturated carbocycles. The fourth-order valence-electron chi connectivity index (χ4n) is 2.40. The number of hydrogen-bond donors (Lipinski definition) is 2. The van der Waals surface area contributed by atoms with Crippen LogP contribution in [0.3, 0.4) is 0 Å². The predicted molar refractivity (Wildman–Crippen MR) is 108 cm³/mol. The van der Waals surface area contributed by atoms with Crippen molar-refractivity contribution in [3.63, 3.8) is 0 Å². The smallest absolute Gasteiger partial charge is 0.219 e. The summed E-state index contributed by atoms with van der Waals surface area (Å²) in [5, 5.41) is 3.40. The molecule has 0 atom stereocenters. The highest BCUT2D eigenvalue weighted by Crippen LogP contribution is 2.31. The fraction of sp³-hybridized carbons (Fsp3) is 0.381. The predicted octanol–water partition coefficient (Wildman–Crippen LogP) is 3.72. The van der Waals surface area contributed by atoms with Crippen molar-refractivity contribution in [1.82, 2.24) is 10.3 Å². The first kappa shape index (κ1) is 20.7. The summed E-state index contributed by atoms with van der Waals surface area (Å²) < 4.78 is 16.8. The van der Waals surface area contributed by atoms with Crippen LogP contribution in [0, 0.1) is 0 Å². The number of pyridine rings is 1. The Labute approximate surface area is 161 Å². The summed E-state index contributed by atoms with van der Waals surface area (Å²) in [7, 11) is 1.62. The minimum Gasteiger partial charge on any atom is -0.493 e. The minimum absolute atomic E-state index is 0.279. The third-order valence-corrected chi connectivity index (χ3v) is 3.83. The second kappa shape index (κ2) is 10.5. The monoisotopic (exact) mass is 371 g/mol. The van der Waals surface area contributed by atoms with Crippen LogP contribution in [-0.4, -0.2) is 31.3 Å². The molecular formula is C21H29N3O3. The SMILES string of the molecule is C=C(N)c1ccc(Oc2ccc(CNCCCOC(C)C)cc2OC)nc1. The molecule has 3 N–H and O–H groups in total. The summed E-state index contributed by atoms with van der Waals surface area (Å²) in [6.45, 7) is 10.2. The number of methoxy groups -OCH3 is 1. The van der Waals surface area contributed by atoms with Gasteiger partial charge >= 0.3 is 0 Å². The highest BCUT2D eigenvalue weighted by Gasteiger charge is 2.08. The van der Waals surface area contributed by atoms with Crippen LogP contribution in [0.2, 0.25) is 0 Å². The average Bonchev–Trinajstić information content (AvgIpc) is 2.65. The third-order valence-electron chi connectivity index (χ3n) is 3.83. The molecule has 0 unspecified atom stereocenters. The van der Waals surface area contributed by atoms with E-state index in [0.29, 0.717) is 23.1 Å². The van der Waals surface area contributed by atoms with Crippen molar-refractivity contribution in [2.45, 2.75) is 32.9 Å². The van der Waals surface area contributed by atoms with Gasteiger partial charge in [0.2, 0.25) is 5.88 Å². The summed E-state index contributed by atoms with van der Waals surface area (Å²) >= 11 is 0. The molecule has 0 amide bonds. The molecule has 146 valence electrons. The standard InChI is InChI=1S/C21H29N3O3/c1-15(2)26-11-5-10-23-13-17-6-8-19(20(12-17)25-4)27-21-9-7-18(14-24-21)16(3)22/h6-9,12,14-15,23H,3,5,10-11,13,22H2,1-2,4H3. The van der Waals surface area contributed by atoms with Gasteiger partial charge in [-0.15, -0.1) is 0 Å². The Kier molecular flexibility index (Phi) is 8.10. The molecule has 0 spiro atoms. The Balaban J connectivity index is 1.90. The van der Waals surface area contributed by atoms with E-state index in [2.05, 4.69) is 16.9 Å². The van der Waals surface area contributed by atoms with Gasteiger partial charge in [0.25, 0.3) is 0 Å². The summed E-state index contributed by atoms with van der Waals surface area (Å²) in [6.07, 6.45) is 2.89. The number of nitrogens with two attached hydrogens (primary N) is 1. The number of rotatable bonds is 11. The van der Waals surface area contributed by atoms with Crippen molar-refractivity contribution in [2.24, 2.45) is 5.73 Å². The van der Waals surface area contributed by atoms with E-state index < -0.39 is 0 Å². The van der Waals surface area contributed by atoms with E-state index in [1.54, 1.807) is 19.4 Å². The lowest BCUT2D eigenvalue weighted by molar-refractivity contribution is 0.0770. The molecule has 1 aromatic heterocycles. The molecule has 6 nitrogen and oxygen atoms in total. The van der Waals surface area contributed by atoms with Gasteiger partial charge in [0, 0.05) is 36.7 Å². The normalized spacial score (nSPS) is 10.8. The van der Waals surface area contributed by atoms with Crippen LogP contribution < -0.4 is 20.5 Å². The van der Waals surface area contributed by atoms with E-state index >= 15 is 0 Å². The molecule has 6 heteroatoms. The first-order valence-corrected chi connectivity index (χ1v) is 9.07. The number of nitrogens with zero attached hydrogens (tertiary/aromatic N) is 1. The highest BCUT2D eigenvalue weighted by molar-refractivity contribution is 5.59. The average molecular weight is 371 g/mol. The summed E-state index contributed by atoms with van der Waals surface area (Å²) in [5.74, 6) is 1.74. The van der Waals surface area contributed by atoms with Crippen molar-refractivity contribution in [3.8, 4) is 17.4 Å². The van der Waals surface area contributed by atoms with Gasteiger partial charge in [0.1, 0.15) is 0 Å². The Morgan fingerprint density at radius 2 is 2.04 bits per heavy atom. The summed E-state index contributed by atoms with van der Waals surface area (Å²) in [5.41, 5.74) is 8.01. The van der Waals surface area contributed by atoms with Crippen molar-refractivity contribution < 1.29 is 14.2 Å². The topological polar surface area (TPSA) is 78.6 Å². The number of ether oxygens (including phenoxy) is 3. The van der Waals surface area contributed by atoms with E-state index in [4.69, 9.17) is 19.9 Å². The van der Waals surface area contributed by atoms with E-state index in [0.717, 1.165) is 37.2 Å². The number of aromatic nitrogens is 1. The molecule has 27 heavy (non-hydrogen) atoms. The lowest BCUT2D eigenvalue weighted by Gasteiger charge is -2.12. The Bertz CT molecular complexity index is 730. The zero-order valence-electron chi connectivity index (χ0n) is 16.3. The van der Waals surface area contributed by atoms with Gasteiger partial charge in [0.15, 0.2) is 11.5 Å². The van der Waals surface area contributed by atoms with Gasteiger partial charge < -0.3 is 25.3 Å². The molecule has 1 heterocycles. The Hall–Kier alpha value is -2.57. The summed E-state index contributed by atoms with van der Waals surface area (Å²) in [4.78, 5) is 4.24. The zero-order chi connectivity index (χ0) is 19.6. The van der Waals surface area contributed by atoms with Crippen LogP contribution in [-0.2, 0) is 11.3 Å². The van der Waals surface area contributed by atoms with Gasteiger partial charge in [0.05, 0.1) is 13.2 Å². The molecule has 0 bridgehead atoms. The zero-order valence-corrected chi connectivity index (χ0v) is 16.3. The lowest BCUT2D eigenvalue weighted by Crippen LogP contribution is -2.17. The number of nitrogens with one attached hydrogen (secondary N) is 1. The molecule has 0 radical (unpaired) electrons. The molecular weight excluding hydrogens is 342 g/mol. The van der Waals surface area contributed by atoms with Gasteiger partial charge in [-0.3, -0.25) is 0 Å². The van der Waals surface area contributed by atoms with Gasteiger partial charge in [-0.05, 0) is 50.6 Å². The quantitative estimate of drug-likeness (QED) is 0.586. The molecule has 0 fully saturated rings. The lowest BCUT2D eigenvalue weighted by atomic mass is 10.2. The molecule has 2 rings (SSSR count). The van der Waals surface area contributed by atoms with Crippen molar-refractivity contribution in [1.29, 1.82) is 0 Å². The van der Waals surface area contributed by atoms with Gasteiger partial charge in [-0.25, -0.2) is 4.98 Å². The number of benzene rings is 1. The van der Waals surface area contributed by atoms with Crippen molar-refractivity contribution >= 4 is 5.70 Å².